The third-order valence-corrected chi connectivity index (χ3v) is 14.2. The summed E-state index contributed by atoms with van der Waals surface area (Å²) in [5.41, 5.74) is 0.247. The van der Waals surface area contributed by atoms with Gasteiger partial charge in [0.05, 0.1) is 0 Å². The van der Waals surface area contributed by atoms with Gasteiger partial charge in [-0.1, -0.05) is 0 Å². The van der Waals surface area contributed by atoms with Crippen LogP contribution in [-0.4, -0.2) is 37.0 Å². The molecule has 0 spiro atoms. The number of hydrogen-bond acceptors (Lipinski definition) is 6. The minimum Gasteiger partial charge on any atom is -0.741 e. The zero-order valence-corrected chi connectivity index (χ0v) is 27.4. The van der Waals surface area contributed by atoms with Gasteiger partial charge in [0.25, 0.3) is 0 Å². The van der Waals surface area contributed by atoms with E-state index in [1.165, 1.54) is 24.8 Å². The average molecular weight is 720 g/mol. The molecule has 232 valence electrons. The Morgan fingerprint density at radius 3 is 1.71 bits per heavy atom. The van der Waals surface area contributed by atoms with Gasteiger partial charge in [-0.05, 0) is 0 Å². The van der Waals surface area contributed by atoms with E-state index >= 15 is 0 Å². The Balaban J connectivity index is 0.000000319. The van der Waals surface area contributed by atoms with Crippen molar-refractivity contribution in [2.45, 2.75) is 74.4 Å². The van der Waals surface area contributed by atoms with Gasteiger partial charge in [-0.3, -0.25) is 0 Å². The van der Waals surface area contributed by atoms with Crippen LogP contribution in [0.2, 0.25) is 3.63 Å². The molecule has 0 aliphatic heterocycles. The van der Waals surface area contributed by atoms with Gasteiger partial charge in [-0.15, -0.1) is 0 Å². The molecule has 15 heteroatoms. The van der Waals surface area contributed by atoms with Crippen LogP contribution >= 0.6 is 0 Å². The van der Waals surface area contributed by atoms with Gasteiger partial charge in [-0.25, -0.2) is 16.8 Å². The van der Waals surface area contributed by atoms with E-state index in [0.29, 0.717) is 11.8 Å². The van der Waals surface area contributed by atoms with Gasteiger partial charge in [0, 0.05) is 0 Å². The van der Waals surface area contributed by atoms with Crippen LogP contribution in [0.15, 0.2) is 73.1 Å². The number of hydrogen-bond donors (Lipinski definition) is 0. The van der Waals surface area contributed by atoms with Crippen LogP contribution in [-0.2, 0) is 43.5 Å². The smallest absolute Gasteiger partial charge is 0.485 e. The molecule has 3 aliphatic rings. The van der Waals surface area contributed by atoms with E-state index in [2.05, 4.69) is 71.0 Å². The molecule has 6 nitrogen and oxygen atoms in total. The van der Waals surface area contributed by atoms with E-state index in [4.69, 9.17) is 25.9 Å². The normalized spacial score (nSPS) is 23.0. The first-order chi connectivity index (χ1) is 19.0. The Kier molecular flexibility index (Phi) is 11.9. The van der Waals surface area contributed by atoms with E-state index in [1.54, 1.807) is 27.9 Å². The van der Waals surface area contributed by atoms with Gasteiger partial charge in [0.1, 0.15) is 0 Å². The van der Waals surface area contributed by atoms with Crippen molar-refractivity contribution in [1.82, 2.24) is 0 Å². The summed E-state index contributed by atoms with van der Waals surface area (Å²) < 4.78 is 120. The molecule has 3 unspecified atom stereocenters. The van der Waals surface area contributed by atoms with Gasteiger partial charge in [-0.2, -0.15) is 26.3 Å². The maximum absolute atomic E-state index is 10.7. The fraction of sp³-hybridized carbons (Fsp3) is 0.481. The second-order valence-electron chi connectivity index (χ2n) is 10.2. The average Bonchev–Trinajstić information content (AvgIpc) is 3.27. The number of halogens is 6. The fourth-order valence-electron chi connectivity index (χ4n) is 5.11. The van der Waals surface area contributed by atoms with Crippen molar-refractivity contribution in [2.24, 2.45) is 5.92 Å². The summed E-state index contributed by atoms with van der Waals surface area (Å²) >= 11 is -0.640. The molecule has 42 heavy (non-hydrogen) atoms. The van der Waals surface area contributed by atoms with Crippen LogP contribution < -0.4 is 0 Å². The molecule has 1 aromatic rings. The summed E-state index contributed by atoms with van der Waals surface area (Å²) in [6.07, 6.45) is 6.60. The zero-order valence-electron chi connectivity index (χ0n) is 23.4. The van der Waals surface area contributed by atoms with Crippen LogP contribution in [0.4, 0.5) is 26.3 Å². The number of rotatable bonds is 3. The molecular weight excluding hydrogens is 690 g/mol. The third-order valence-electron chi connectivity index (χ3n) is 7.58. The van der Waals surface area contributed by atoms with Gasteiger partial charge in [0.15, 0.2) is 20.2 Å². The van der Waals surface area contributed by atoms with E-state index in [-0.39, 0.29) is 0 Å². The molecule has 1 aromatic carbocycles. The summed E-state index contributed by atoms with van der Waals surface area (Å²) in [6.45, 7) is 11.9. The summed E-state index contributed by atoms with van der Waals surface area (Å²) in [5, 5.41) is 0. The molecular formula is C27H30F6O6S2Zr. The quantitative estimate of drug-likeness (QED) is 0.182. The molecule has 0 aromatic heterocycles. The van der Waals surface area contributed by atoms with E-state index in [0.717, 1.165) is 3.63 Å². The van der Waals surface area contributed by atoms with E-state index in [1.807, 2.05) is 8.85 Å². The number of allylic oxidation sites excluding steroid dienone is 8. The summed E-state index contributed by atoms with van der Waals surface area (Å²) in [4.78, 5) is 0. The first-order valence-corrected chi connectivity index (χ1v) is 18.1. The number of benzene rings is 1. The summed E-state index contributed by atoms with van der Waals surface area (Å²) in [5.74, 6) is 1.34. The van der Waals surface area contributed by atoms with Crippen molar-refractivity contribution >= 4 is 20.2 Å². The molecule has 0 N–H and O–H groups in total. The molecule has 0 saturated heterocycles. The predicted octanol–water partition coefficient (Wildman–Crippen LogP) is 7.44. The molecule has 0 saturated carbocycles. The first kappa shape index (κ1) is 36.7. The Hall–Kier alpha value is -1.54. The van der Waals surface area contributed by atoms with E-state index in [9.17, 15) is 26.3 Å². The standard InChI is InChI=1S/C16H17.C9H13.2CHF3O3S.Zr/c1-12-10-14-8-5-9-15(16(14)11-12)13-6-3-2-4-7-13;1-6-5-7(2)9(4)8(6)3;2*2-1(3,4)8(5,6)7;/h2-4,6-7,10-11,15H,5,8-9H2,1H3;6H,1-4H3;2*(H,5,6,7);/q;;;;+2/p-2. The van der Waals surface area contributed by atoms with Gasteiger partial charge >= 0.3 is 182 Å². The first-order valence-electron chi connectivity index (χ1n) is 12.6. The molecule has 0 bridgehead atoms. The van der Waals surface area contributed by atoms with Crippen molar-refractivity contribution in [1.29, 1.82) is 0 Å². The van der Waals surface area contributed by atoms with Crippen molar-refractivity contribution in [3.63, 3.8) is 0 Å². The maximum Gasteiger partial charge on any atom is 0.485 e. The fourth-order valence-corrected chi connectivity index (χ4v) is 9.97. The van der Waals surface area contributed by atoms with Crippen LogP contribution in [0.3, 0.4) is 0 Å². The second-order valence-corrected chi connectivity index (χ2v) is 16.4. The summed E-state index contributed by atoms with van der Waals surface area (Å²) in [7, 11) is -12.2. The van der Waals surface area contributed by atoms with Crippen LogP contribution in [0.5, 0.6) is 0 Å². The Labute approximate surface area is 253 Å². The van der Waals surface area contributed by atoms with Gasteiger partial charge < -0.3 is 9.11 Å². The SMILES string of the molecule is CC1=CC2=C(CCCC2c2ccccc2)[CH]1[Zr+2][C]1=C(C)C(C)=C(C)C1C.O=S(=O)([O-])C(F)(F)F.O=S(=O)([O-])C(F)(F)F. The maximum atomic E-state index is 10.7. The Morgan fingerprint density at radius 1 is 0.833 bits per heavy atom. The molecule has 0 amide bonds. The monoisotopic (exact) mass is 718 g/mol. The van der Waals surface area contributed by atoms with Crippen LogP contribution in [0, 0.1) is 5.92 Å². The minimum absolute atomic E-state index is 0.636. The Morgan fingerprint density at radius 2 is 1.31 bits per heavy atom. The van der Waals surface area contributed by atoms with Crippen molar-refractivity contribution in [3.8, 4) is 0 Å². The van der Waals surface area contributed by atoms with E-state index < -0.39 is 54.5 Å². The molecule has 0 radical (unpaired) electrons. The third kappa shape index (κ3) is 8.77. The minimum atomic E-state index is -6.09. The topological polar surface area (TPSA) is 114 Å². The molecule has 0 fully saturated rings. The zero-order chi connectivity index (χ0) is 32.4. The molecule has 4 rings (SSSR count). The van der Waals surface area contributed by atoms with Gasteiger partial charge in [0.2, 0.25) is 0 Å². The predicted molar refractivity (Wildman–Crippen MR) is 139 cm³/mol. The van der Waals surface area contributed by atoms with Crippen molar-refractivity contribution in [3.05, 3.63) is 78.7 Å². The molecule has 3 atom stereocenters. The van der Waals surface area contributed by atoms with Crippen LogP contribution in [0.25, 0.3) is 0 Å². The number of alkyl halides is 6. The molecule has 0 heterocycles. The van der Waals surface area contributed by atoms with Crippen LogP contribution in [0.1, 0.15) is 65.4 Å². The summed E-state index contributed by atoms with van der Waals surface area (Å²) in [6, 6.07) is 11.2. The van der Waals surface area contributed by atoms with Crippen molar-refractivity contribution in [2.75, 3.05) is 0 Å². The Bertz CT molecular complexity index is 1460. The second kappa shape index (κ2) is 13.6. The van der Waals surface area contributed by atoms with Crippen molar-refractivity contribution < 1.29 is 75.5 Å². The largest absolute Gasteiger partial charge is 0.741 e. The molecule has 3 aliphatic carbocycles.